The number of rotatable bonds is 42. The van der Waals surface area contributed by atoms with Crippen molar-refractivity contribution in [3.05, 3.63) is 0 Å². The van der Waals surface area contributed by atoms with Crippen molar-refractivity contribution in [2.45, 2.75) is 219 Å². The summed E-state index contributed by atoms with van der Waals surface area (Å²) in [6.07, 6.45) is 42.4. The zero-order valence-corrected chi connectivity index (χ0v) is 33.5. The Hall–Kier alpha value is 0.0300. The fourth-order valence-corrected chi connectivity index (χ4v) is 8.43. The van der Waals surface area contributed by atoms with Gasteiger partial charge in [0, 0.05) is 13.1 Å². The van der Waals surface area contributed by atoms with Gasteiger partial charge in [-0.2, -0.15) is 0 Å². The molecule has 290 valence electrons. The predicted molar refractivity (Wildman–Crippen MR) is 209 cm³/mol. The van der Waals surface area contributed by atoms with Crippen LogP contribution in [-0.4, -0.2) is 60.9 Å². The molecule has 0 aromatic heterocycles. The quantitative estimate of drug-likeness (QED) is 0.0487. The van der Waals surface area contributed by atoms with E-state index in [0.29, 0.717) is 26.3 Å². The molecule has 0 fully saturated rings. The minimum absolute atomic E-state index is 0.0434. The van der Waals surface area contributed by atoms with Crippen LogP contribution in [0.25, 0.3) is 0 Å². The Morgan fingerprint density at radius 1 is 0.396 bits per heavy atom. The van der Waals surface area contributed by atoms with Crippen molar-refractivity contribution in [2.75, 3.05) is 45.8 Å². The average molecular weight is 704 g/mol. The first kappa shape index (κ1) is 48.0. The minimum atomic E-state index is -3.31. The molecule has 0 aliphatic rings. The zero-order valence-electron chi connectivity index (χ0n) is 32.6. The first-order chi connectivity index (χ1) is 23.6. The van der Waals surface area contributed by atoms with Crippen LogP contribution in [0.4, 0.5) is 0 Å². The van der Waals surface area contributed by atoms with Crippen LogP contribution in [0.1, 0.15) is 219 Å². The molecule has 0 aromatic carbocycles. The molecule has 0 aromatic rings. The van der Waals surface area contributed by atoms with Crippen LogP contribution in [-0.2, 0) is 13.6 Å². The maximum Gasteiger partial charge on any atom is 0.344 e. The maximum atomic E-state index is 13.6. The molecule has 0 saturated heterocycles. The summed E-state index contributed by atoms with van der Waals surface area (Å²) in [7, 11) is -3.31. The summed E-state index contributed by atoms with van der Waals surface area (Å²) >= 11 is 0. The number of aliphatic hydroxyl groups is 2. The van der Waals surface area contributed by atoms with E-state index >= 15 is 0 Å². The molecule has 0 radical (unpaired) electrons. The van der Waals surface area contributed by atoms with E-state index in [9.17, 15) is 14.8 Å². The Bertz CT molecular complexity index is 604. The van der Waals surface area contributed by atoms with Gasteiger partial charge in [-0.15, -0.1) is 0 Å². The highest BCUT2D eigenvalue weighted by atomic mass is 31.2. The predicted octanol–water partition coefficient (Wildman–Crippen LogP) is 13.0. The molecule has 0 saturated carbocycles. The second-order valence-corrected chi connectivity index (χ2v) is 16.6. The number of hydrogen-bond acceptors (Lipinski definition) is 6. The van der Waals surface area contributed by atoms with Crippen LogP contribution in [0.3, 0.4) is 0 Å². The lowest BCUT2D eigenvalue weighted by Crippen LogP contribution is -2.31. The molecule has 0 unspecified atom stereocenters. The molecular formula is C41H86NO5P. The van der Waals surface area contributed by atoms with Crippen LogP contribution < -0.4 is 0 Å². The third-order valence-corrected chi connectivity index (χ3v) is 11.7. The van der Waals surface area contributed by atoms with Crippen LogP contribution in [0.5, 0.6) is 0 Å². The monoisotopic (exact) mass is 704 g/mol. The first-order valence-electron chi connectivity index (χ1n) is 21.4. The Labute approximate surface area is 300 Å². The smallest absolute Gasteiger partial charge is 0.344 e. The number of hydrogen-bond donors (Lipinski definition) is 2. The standard InChI is InChI=1S/C41H86NO5P/c1-3-5-7-9-11-13-15-17-19-21-23-25-27-29-31-33-39-46-48(45,41-42(35-37-43)36-38-44)47-40-34-32-30-28-26-24-22-20-18-16-14-12-10-8-6-4-2/h43-44H,3-41H2,1-2H3. The van der Waals surface area contributed by atoms with Gasteiger partial charge in [0.05, 0.1) is 26.4 Å². The average Bonchev–Trinajstić information content (AvgIpc) is 3.08. The van der Waals surface area contributed by atoms with Crippen molar-refractivity contribution in [3.63, 3.8) is 0 Å². The van der Waals surface area contributed by atoms with Crippen LogP contribution >= 0.6 is 7.60 Å². The largest absolute Gasteiger partial charge is 0.395 e. The van der Waals surface area contributed by atoms with Crippen LogP contribution in [0.2, 0.25) is 0 Å². The van der Waals surface area contributed by atoms with Gasteiger partial charge in [-0.05, 0) is 12.8 Å². The van der Waals surface area contributed by atoms with Crippen LogP contribution in [0.15, 0.2) is 0 Å². The highest BCUT2D eigenvalue weighted by Gasteiger charge is 2.27. The Morgan fingerprint density at radius 3 is 0.854 bits per heavy atom. The first-order valence-corrected chi connectivity index (χ1v) is 23.2. The lowest BCUT2D eigenvalue weighted by atomic mass is 10.0. The van der Waals surface area contributed by atoms with Gasteiger partial charge >= 0.3 is 7.60 Å². The summed E-state index contributed by atoms with van der Waals surface area (Å²) in [5.74, 6) is 0. The molecule has 0 heterocycles. The van der Waals surface area contributed by atoms with E-state index in [-0.39, 0.29) is 19.5 Å². The molecule has 0 aliphatic heterocycles. The van der Waals surface area contributed by atoms with E-state index in [2.05, 4.69) is 13.8 Å². The van der Waals surface area contributed by atoms with E-state index in [1.54, 1.807) is 4.90 Å². The SMILES string of the molecule is CCCCCCCCCCCCCCCCCCOP(=O)(CN(CCO)CCO)OCCCCCCCCCCCCCCCCCC. The van der Waals surface area contributed by atoms with E-state index in [4.69, 9.17) is 9.05 Å². The van der Waals surface area contributed by atoms with Crippen molar-refractivity contribution >= 4 is 7.60 Å². The Balaban J connectivity index is 3.95. The highest BCUT2D eigenvalue weighted by molar-refractivity contribution is 7.53. The van der Waals surface area contributed by atoms with Gasteiger partial charge in [0.1, 0.15) is 6.29 Å². The molecule has 7 heteroatoms. The van der Waals surface area contributed by atoms with E-state index in [1.807, 2.05) is 0 Å². The molecule has 0 aliphatic carbocycles. The summed E-state index contributed by atoms with van der Waals surface area (Å²) in [5, 5.41) is 18.9. The normalized spacial score (nSPS) is 12.1. The lowest BCUT2D eigenvalue weighted by Gasteiger charge is -2.26. The van der Waals surface area contributed by atoms with Crippen molar-refractivity contribution in [1.29, 1.82) is 0 Å². The molecule has 0 amide bonds. The van der Waals surface area contributed by atoms with Crippen molar-refractivity contribution < 1.29 is 23.8 Å². The number of nitrogens with zero attached hydrogens (tertiary/aromatic N) is 1. The second-order valence-electron chi connectivity index (χ2n) is 14.6. The van der Waals surface area contributed by atoms with Gasteiger partial charge in [0.2, 0.25) is 0 Å². The summed E-state index contributed by atoms with van der Waals surface area (Å²) in [5.41, 5.74) is 0. The van der Waals surface area contributed by atoms with Gasteiger partial charge in [-0.3, -0.25) is 9.46 Å². The third kappa shape index (κ3) is 35.8. The van der Waals surface area contributed by atoms with E-state index in [1.165, 1.54) is 180 Å². The molecule has 2 N–H and O–H groups in total. The van der Waals surface area contributed by atoms with Gasteiger partial charge in [-0.25, -0.2) is 0 Å². The van der Waals surface area contributed by atoms with Crippen molar-refractivity contribution in [1.82, 2.24) is 4.90 Å². The van der Waals surface area contributed by atoms with Crippen molar-refractivity contribution in [2.24, 2.45) is 0 Å². The molecule has 0 spiro atoms. The van der Waals surface area contributed by atoms with Gasteiger partial charge in [0.25, 0.3) is 0 Å². The summed E-state index contributed by atoms with van der Waals surface area (Å²) in [6, 6.07) is 0. The summed E-state index contributed by atoms with van der Waals surface area (Å²) in [6.45, 7) is 6.08. The molecule has 48 heavy (non-hydrogen) atoms. The third-order valence-electron chi connectivity index (χ3n) is 9.78. The van der Waals surface area contributed by atoms with Gasteiger partial charge < -0.3 is 19.3 Å². The fraction of sp³-hybridized carbons (Fsp3) is 1.00. The Kier molecular flexibility index (Phi) is 39.8. The zero-order chi connectivity index (χ0) is 35.1. The Morgan fingerprint density at radius 2 is 0.625 bits per heavy atom. The molecular weight excluding hydrogens is 617 g/mol. The summed E-state index contributed by atoms with van der Waals surface area (Å²) in [4.78, 5) is 1.79. The summed E-state index contributed by atoms with van der Waals surface area (Å²) < 4.78 is 25.5. The lowest BCUT2D eigenvalue weighted by molar-refractivity contribution is 0.149. The highest BCUT2D eigenvalue weighted by Crippen LogP contribution is 2.49. The van der Waals surface area contributed by atoms with E-state index in [0.717, 1.165) is 25.7 Å². The van der Waals surface area contributed by atoms with Crippen LogP contribution in [0, 0.1) is 0 Å². The van der Waals surface area contributed by atoms with Crippen molar-refractivity contribution in [3.8, 4) is 0 Å². The molecule has 0 rings (SSSR count). The maximum absolute atomic E-state index is 13.6. The molecule has 0 bridgehead atoms. The second kappa shape index (κ2) is 39.8. The number of aliphatic hydroxyl groups excluding tert-OH is 2. The number of unbranched alkanes of at least 4 members (excludes halogenated alkanes) is 30. The van der Waals surface area contributed by atoms with Gasteiger partial charge in [-0.1, -0.05) is 206 Å². The molecule has 0 atom stereocenters. The fourth-order valence-electron chi connectivity index (χ4n) is 6.61. The minimum Gasteiger partial charge on any atom is -0.395 e. The topological polar surface area (TPSA) is 79.2 Å². The van der Waals surface area contributed by atoms with Gasteiger partial charge in [0.15, 0.2) is 0 Å². The molecule has 6 nitrogen and oxygen atoms in total. The van der Waals surface area contributed by atoms with E-state index < -0.39 is 7.60 Å².